The number of cyclic esters (lactones) is 1. The Balaban J connectivity index is 0.000000220. The molecule has 0 bridgehead atoms. The van der Waals surface area contributed by atoms with Crippen LogP contribution in [0.25, 0.3) is 33.5 Å². The maximum Gasteiger partial charge on any atom is 0.441 e. The van der Waals surface area contributed by atoms with Gasteiger partial charge in [-0.1, -0.05) is 0 Å². The molecule has 0 radical (unpaired) electrons. The number of aliphatic hydroxyl groups excluding tert-OH is 1. The van der Waals surface area contributed by atoms with Gasteiger partial charge in [0.05, 0.1) is 68.8 Å². The van der Waals surface area contributed by atoms with Crippen LogP contribution >= 0.6 is 27.3 Å². The van der Waals surface area contributed by atoms with Gasteiger partial charge in [0.1, 0.15) is 17.0 Å². The van der Waals surface area contributed by atoms with Gasteiger partial charge in [-0.2, -0.15) is 9.58 Å². The first-order chi connectivity index (χ1) is 43.1. The second-order valence-electron chi connectivity index (χ2n) is 18.8. The average molecular weight is 1350 g/mol. The van der Waals surface area contributed by atoms with E-state index in [1.165, 1.54) is 15.9 Å². The molecule has 0 amide bonds. The number of nitrogens with one attached hydrogen (secondary N) is 1. The van der Waals surface area contributed by atoms with E-state index in [2.05, 4.69) is 69.1 Å². The molecule has 2 fully saturated rings. The van der Waals surface area contributed by atoms with E-state index in [-0.39, 0.29) is 77.1 Å². The summed E-state index contributed by atoms with van der Waals surface area (Å²) in [5, 5.41) is 9.09. The Bertz CT molecular complexity index is 3910. The number of anilines is 1. The van der Waals surface area contributed by atoms with Crippen LogP contribution < -0.4 is 30.1 Å². The number of Topliss-reactive ketones (excluding diaryl/α,β-unsaturated/α-hetero) is 2. The lowest BCUT2D eigenvalue weighted by molar-refractivity contribution is -0.164. The summed E-state index contributed by atoms with van der Waals surface area (Å²) in [6.07, 6.45) is 10.7. The first-order valence-electron chi connectivity index (χ1n) is 28.0. The third kappa shape index (κ3) is 20.5. The molecule has 1 atom stereocenters. The number of methoxy groups -OCH3 is 1. The Morgan fingerprint density at radius 3 is 1.92 bits per heavy atom. The molecule has 2 saturated heterocycles. The van der Waals surface area contributed by atoms with Crippen LogP contribution in [0, 0.1) is 13.8 Å². The van der Waals surface area contributed by atoms with E-state index < -0.39 is 45.5 Å². The predicted octanol–water partition coefficient (Wildman–Crippen LogP) is 4.78. The summed E-state index contributed by atoms with van der Waals surface area (Å²) in [6, 6.07) is 8.85. The fourth-order valence-electron chi connectivity index (χ4n) is 8.30. The van der Waals surface area contributed by atoms with E-state index >= 15 is 0 Å². The summed E-state index contributed by atoms with van der Waals surface area (Å²) >= 11 is 4.42. The molecule has 6 aromatic rings. The SMILES string of the molecule is CCOC(=O)C(=[N+]=[N-])C(=O)CCCO.CCOC(=O)C1OCCCC1=O.CCOC(=O)C=[N+]=[N-].COc1ncc(-c2ccc3nc4c(c(=O)n3c2)OCCC4)cc1NS(=O)(=O)c1sc(C)nc1C.O=C1CCCO1.O=c1c2c(nc3ccc(Br)cn13)CCCO2. The molecule has 482 valence electrons. The number of sulfonamides is 1. The summed E-state index contributed by atoms with van der Waals surface area (Å²) < 4.78 is 71.7. The largest absolute Gasteiger partial charge is 0.486 e. The number of hydrogen-bond acceptors (Lipinski definition) is 24. The van der Waals surface area contributed by atoms with Crippen LogP contribution in [0.1, 0.15) is 94.2 Å². The molecule has 2 N–H and O–H groups in total. The number of thiazole rings is 1. The first-order valence-corrected chi connectivity index (χ1v) is 31.1. The van der Waals surface area contributed by atoms with Crippen molar-refractivity contribution < 1.29 is 89.8 Å². The number of halogens is 1. The van der Waals surface area contributed by atoms with Crippen molar-refractivity contribution >= 4 is 102 Å². The Hall–Kier alpha value is -8.97. The molecule has 90 heavy (non-hydrogen) atoms. The molecule has 0 saturated carbocycles. The van der Waals surface area contributed by atoms with Crippen molar-refractivity contribution in [3.05, 3.63) is 107 Å². The van der Waals surface area contributed by atoms with Gasteiger partial charge in [0.25, 0.3) is 15.8 Å². The summed E-state index contributed by atoms with van der Waals surface area (Å²) in [4.78, 5) is 112. The summed E-state index contributed by atoms with van der Waals surface area (Å²) in [7, 11) is -2.49. The molecule has 6 aromatic heterocycles. The number of aromatic nitrogens is 6. The number of pyridine rings is 3. The topological polar surface area (TPSA) is 410 Å². The number of carbonyl (C=O) groups excluding carboxylic acids is 6. The Labute approximate surface area is 527 Å². The molecule has 0 spiro atoms. The molecule has 30 nitrogen and oxygen atoms in total. The molecule has 0 aromatic carbocycles. The van der Waals surface area contributed by atoms with Crippen LogP contribution in [-0.4, -0.2) is 165 Å². The zero-order valence-electron chi connectivity index (χ0n) is 50.0. The highest BCUT2D eigenvalue weighted by molar-refractivity contribution is 9.10. The Morgan fingerprint density at radius 1 is 0.800 bits per heavy atom. The fourth-order valence-corrected chi connectivity index (χ4v) is 11.2. The minimum Gasteiger partial charge on any atom is -0.486 e. The smallest absolute Gasteiger partial charge is 0.441 e. The van der Waals surface area contributed by atoms with Crippen molar-refractivity contribution in [1.29, 1.82) is 0 Å². The van der Waals surface area contributed by atoms with Crippen LogP contribution in [0.3, 0.4) is 0 Å². The number of ether oxygens (including phenoxy) is 8. The molecular formula is C57H66BrN11O19S2. The third-order valence-corrected chi connectivity index (χ3v) is 15.8. The van der Waals surface area contributed by atoms with Crippen LogP contribution in [0.5, 0.6) is 17.4 Å². The zero-order chi connectivity index (χ0) is 65.9. The summed E-state index contributed by atoms with van der Waals surface area (Å²) in [6.45, 7) is 11.1. The van der Waals surface area contributed by atoms with Gasteiger partial charge >= 0.3 is 46.9 Å². The summed E-state index contributed by atoms with van der Waals surface area (Å²) in [5.74, 6) is -2.18. The molecule has 4 aliphatic rings. The molecule has 10 heterocycles. The number of ketones is 2. The van der Waals surface area contributed by atoms with Gasteiger partial charge in [0, 0.05) is 66.7 Å². The minimum atomic E-state index is -3.90. The Kier molecular flexibility index (Phi) is 28.6. The maximum absolute atomic E-state index is 13.0. The lowest BCUT2D eigenvalue weighted by Crippen LogP contribution is -2.38. The van der Waals surface area contributed by atoms with Gasteiger partial charge in [-0.05, 0) is 126 Å². The van der Waals surface area contributed by atoms with Gasteiger partial charge in [0.2, 0.25) is 23.5 Å². The van der Waals surface area contributed by atoms with E-state index in [1.807, 2.05) is 12.1 Å². The average Bonchev–Trinajstić information content (AvgIpc) is 1.41. The molecule has 0 aliphatic carbocycles. The van der Waals surface area contributed by atoms with Gasteiger partial charge in [-0.3, -0.25) is 37.5 Å². The van der Waals surface area contributed by atoms with Crippen molar-refractivity contribution in [3.8, 4) is 28.5 Å². The first kappa shape index (κ1) is 71.8. The number of carbonyl (C=O) groups is 6. The molecule has 4 aliphatic heterocycles. The fraction of sp³-hybridized carbons (Fsp3) is 0.439. The van der Waals surface area contributed by atoms with Crippen molar-refractivity contribution in [2.75, 3.05) is 64.7 Å². The minimum absolute atomic E-state index is 0.0463. The number of hydrogen-bond donors (Lipinski definition) is 2. The van der Waals surface area contributed by atoms with Crippen LogP contribution in [0.4, 0.5) is 5.69 Å². The van der Waals surface area contributed by atoms with Gasteiger partial charge in [0.15, 0.2) is 9.99 Å². The highest BCUT2D eigenvalue weighted by atomic mass is 79.9. The zero-order valence-corrected chi connectivity index (χ0v) is 53.2. The molecule has 1 unspecified atom stereocenters. The van der Waals surface area contributed by atoms with Crippen LogP contribution in [0.2, 0.25) is 0 Å². The normalized spacial score (nSPS) is 14.2. The van der Waals surface area contributed by atoms with Gasteiger partial charge in [-0.25, -0.2) is 42.7 Å². The number of aliphatic hydroxyl groups is 1. The predicted molar refractivity (Wildman–Crippen MR) is 324 cm³/mol. The monoisotopic (exact) mass is 1350 g/mol. The molecule has 33 heteroatoms. The second kappa shape index (κ2) is 35.9. The van der Waals surface area contributed by atoms with E-state index in [9.17, 15) is 46.8 Å². The number of esters is 4. The summed E-state index contributed by atoms with van der Waals surface area (Å²) in [5.41, 5.74) is 19.5. The van der Waals surface area contributed by atoms with E-state index in [4.69, 9.17) is 35.1 Å². The second-order valence-corrected chi connectivity index (χ2v) is 22.8. The van der Waals surface area contributed by atoms with Crippen molar-refractivity contribution in [1.82, 2.24) is 28.7 Å². The van der Waals surface area contributed by atoms with Crippen molar-refractivity contribution in [2.45, 2.75) is 109 Å². The van der Waals surface area contributed by atoms with Crippen LogP contribution in [-0.2, 0) is 75.3 Å². The van der Waals surface area contributed by atoms with Crippen LogP contribution in [0.15, 0.2) is 67.2 Å². The van der Waals surface area contributed by atoms with Crippen molar-refractivity contribution in [2.24, 2.45) is 0 Å². The number of rotatable bonds is 15. The lowest BCUT2D eigenvalue weighted by Gasteiger charge is -2.19. The maximum atomic E-state index is 13.0. The highest BCUT2D eigenvalue weighted by Gasteiger charge is 2.32. The number of aryl methyl sites for hydroxylation is 4. The van der Waals surface area contributed by atoms with Gasteiger partial charge in [-0.15, -0.1) is 11.3 Å². The third-order valence-electron chi connectivity index (χ3n) is 12.3. The number of nitrogens with zero attached hydrogens (tertiary/aromatic N) is 10. The molecular weight excluding hydrogens is 1290 g/mol. The van der Waals surface area contributed by atoms with E-state index in [0.29, 0.717) is 109 Å². The number of fused-ring (bicyclic) bond motifs is 4. The standard InChI is InChI=1S/C22H21N5O5S2.C11H9BrN2O2.C8H12N2O4.C8H12O4.C4H6N2O2.C4H6O2/c1-12-22(33-13(2)24-12)34(29,30)26-17-9-15(10-23-20(17)31-3)14-6-7-18-25-16-5-4-8-32-19(16)21(28)27(18)11-14;12-7-3-4-9-13-8-2-1-5-16-10(8)11(15)14(9)6-7;1-2-14-8(13)7(10-9)6(12)4-3-5-11;1-2-11-8(10)7-6(9)4-3-5-12-7;1-2-8-4(7)3-6-5;5-4-2-1-3-6-4/h6-7,9-11,26H,4-5,8H2,1-3H3;3-4,6H,1-2,5H2;11H,2-5H2,1H3;7H,2-5H2,1H3;3H,2H2,1H3;1-3H2. The lowest BCUT2D eigenvalue weighted by atomic mass is 10.1. The van der Waals surface area contributed by atoms with E-state index in [1.54, 1.807) is 71.4 Å². The highest BCUT2D eigenvalue weighted by Crippen LogP contribution is 2.33. The van der Waals surface area contributed by atoms with Crippen molar-refractivity contribution in [3.63, 3.8) is 0 Å². The van der Waals surface area contributed by atoms with E-state index in [0.717, 1.165) is 47.2 Å². The van der Waals surface area contributed by atoms with Gasteiger partial charge < -0.3 is 54.1 Å². The Morgan fingerprint density at radius 2 is 1.40 bits per heavy atom. The molecule has 10 rings (SSSR count). The quantitative estimate of drug-likeness (QED) is 0.0349.